The highest BCUT2D eigenvalue weighted by Gasteiger charge is 2.14. The maximum atomic E-state index is 5.61. The molecule has 0 bridgehead atoms. The lowest BCUT2D eigenvalue weighted by atomic mass is 9.98. The maximum Gasteiger partial charge on any atom is 0.175 e. The van der Waals surface area contributed by atoms with E-state index in [-0.39, 0.29) is 0 Å². The molecule has 0 spiro atoms. The molecule has 2 N–H and O–H groups in total. The Balaban J connectivity index is 1.92. The van der Waals surface area contributed by atoms with E-state index in [1.54, 1.807) is 7.11 Å². The van der Waals surface area contributed by atoms with Gasteiger partial charge < -0.3 is 20.1 Å². The lowest BCUT2D eigenvalue weighted by Crippen LogP contribution is -2.33. The first-order valence-corrected chi connectivity index (χ1v) is 8.44. The number of methoxy groups -OCH3 is 1. The van der Waals surface area contributed by atoms with Crippen LogP contribution in [0, 0.1) is 5.92 Å². The Labute approximate surface area is 135 Å². The number of benzene rings is 1. The molecule has 1 aliphatic rings. The van der Waals surface area contributed by atoms with Crippen LogP contribution in [0.1, 0.15) is 25.3 Å². The van der Waals surface area contributed by atoms with Gasteiger partial charge in [0.1, 0.15) is 0 Å². The molecule has 1 fully saturated rings. The molecule has 0 radical (unpaired) electrons. The normalized spacial score (nSPS) is 16.0. The quantitative estimate of drug-likeness (QED) is 0.788. The van der Waals surface area contributed by atoms with Crippen LogP contribution in [0.4, 0.5) is 0 Å². The van der Waals surface area contributed by atoms with Crippen LogP contribution in [0.5, 0.6) is 11.5 Å². The molecule has 0 saturated carbocycles. The summed E-state index contributed by atoms with van der Waals surface area (Å²) in [5, 5.41) is 6.96. The van der Waals surface area contributed by atoms with Gasteiger partial charge in [-0.05, 0) is 78.9 Å². The largest absolute Gasteiger partial charge is 0.493 e. The summed E-state index contributed by atoms with van der Waals surface area (Å²) in [7, 11) is 1.68. The third-order valence-electron chi connectivity index (χ3n) is 3.80. The molecular formula is C16H25BrN2O2. The van der Waals surface area contributed by atoms with Crippen LogP contribution in [0.2, 0.25) is 0 Å². The molecule has 1 aromatic rings. The van der Waals surface area contributed by atoms with E-state index < -0.39 is 0 Å². The summed E-state index contributed by atoms with van der Waals surface area (Å²) < 4.78 is 12.0. The predicted octanol–water partition coefficient (Wildman–Crippen LogP) is 2.95. The highest BCUT2D eigenvalue weighted by molar-refractivity contribution is 9.10. The van der Waals surface area contributed by atoms with Crippen molar-refractivity contribution >= 4 is 15.9 Å². The number of hydrogen-bond donors (Lipinski definition) is 2. The second-order valence-corrected chi connectivity index (χ2v) is 6.22. The molecule has 0 aromatic heterocycles. The highest BCUT2D eigenvalue weighted by Crippen LogP contribution is 2.36. The van der Waals surface area contributed by atoms with E-state index in [1.807, 2.05) is 13.0 Å². The number of ether oxygens (including phenoxy) is 2. The summed E-state index contributed by atoms with van der Waals surface area (Å²) in [5.74, 6) is 2.35. The van der Waals surface area contributed by atoms with E-state index >= 15 is 0 Å². The molecule has 0 unspecified atom stereocenters. The third kappa shape index (κ3) is 4.87. The minimum atomic E-state index is 0.627. The molecule has 0 atom stereocenters. The summed E-state index contributed by atoms with van der Waals surface area (Å²) in [4.78, 5) is 0. The summed E-state index contributed by atoms with van der Waals surface area (Å²) >= 11 is 3.57. The van der Waals surface area contributed by atoms with Crippen molar-refractivity contribution in [3.8, 4) is 11.5 Å². The standard InChI is InChI=1S/C16H25BrN2O2/c1-3-21-16-14(17)8-13(9-15(16)20-2)11-19-10-12-4-6-18-7-5-12/h8-9,12,18-19H,3-7,10-11H2,1-2H3. The van der Waals surface area contributed by atoms with Crippen LogP contribution in [-0.4, -0.2) is 33.4 Å². The van der Waals surface area contributed by atoms with Crippen molar-refractivity contribution in [3.05, 3.63) is 22.2 Å². The second-order valence-electron chi connectivity index (χ2n) is 5.37. The van der Waals surface area contributed by atoms with Crippen molar-refractivity contribution in [1.82, 2.24) is 10.6 Å². The monoisotopic (exact) mass is 356 g/mol. The van der Waals surface area contributed by atoms with Gasteiger partial charge in [0, 0.05) is 6.54 Å². The van der Waals surface area contributed by atoms with Gasteiger partial charge in [-0.3, -0.25) is 0 Å². The molecule has 1 aliphatic heterocycles. The summed E-state index contributed by atoms with van der Waals surface area (Å²) in [6, 6.07) is 4.15. The fourth-order valence-corrected chi connectivity index (χ4v) is 3.27. The van der Waals surface area contributed by atoms with E-state index in [2.05, 4.69) is 32.6 Å². The van der Waals surface area contributed by atoms with Gasteiger partial charge in [0.25, 0.3) is 0 Å². The minimum absolute atomic E-state index is 0.627. The van der Waals surface area contributed by atoms with Crippen LogP contribution >= 0.6 is 15.9 Å². The minimum Gasteiger partial charge on any atom is -0.493 e. The smallest absolute Gasteiger partial charge is 0.175 e. The van der Waals surface area contributed by atoms with Gasteiger partial charge in [0.05, 0.1) is 18.2 Å². The Bertz CT molecular complexity index is 448. The summed E-state index contributed by atoms with van der Waals surface area (Å²) in [6.45, 7) is 6.83. The van der Waals surface area contributed by atoms with E-state index in [1.165, 1.54) is 18.4 Å². The van der Waals surface area contributed by atoms with Gasteiger partial charge >= 0.3 is 0 Å². The molecule has 5 heteroatoms. The van der Waals surface area contributed by atoms with Gasteiger partial charge in [0.2, 0.25) is 0 Å². The van der Waals surface area contributed by atoms with Crippen molar-refractivity contribution in [2.24, 2.45) is 5.92 Å². The maximum absolute atomic E-state index is 5.61. The van der Waals surface area contributed by atoms with E-state index in [4.69, 9.17) is 9.47 Å². The Kier molecular flexibility index (Phi) is 6.80. The predicted molar refractivity (Wildman–Crippen MR) is 89.2 cm³/mol. The van der Waals surface area contributed by atoms with Gasteiger partial charge in [-0.15, -0.1) is 0 Å². The Morgan fingerprint density at radius 2 is 2.10 bits per heavy atom. The van der Waals surface area contributed by atoms with Crippen LogP contribution in [-0.2, 0) is 6.54 Å². The van der Waals surface area contributed by atoms with Crippen LogP contribution in [0.15, 0.2) is 16.6 Å². The average molecular weight is 357 g/mol. The lowest BCUT2D eigenvalue weighted by molar-refractivity contribution is 0.308. The zero-order valence-corrected chi connectivity index (χ0v) is 14.5. The first-order chi connectivity index (χ1) is 10.2. The Hall–Kier alpha value is -0.780. The van der Waals surface area contributed by atoms with Crippen LogP contribution in [0.25, 0.3) is 0 Å². The summed E-state index contributed by atoms with van der Waals surface area (Å²) in [6.07, 6.45) is 2.53. The van der Waals surface area contributed by atoms with Crippen molar-refractivity contribution in [1.29, 1.82) is 0 Å². The fourth-order valence-electron chi connectivity index (χ4n) is 2.67. The summed E-state index contributed by atoms with van der Waals surface area (Å²) in [5.41, 5.74) is 1.20. The van der Waals surface area contributed by atoms with Crippen molar-refractivity contribution < 1.29 is 9.47 Å². The highest BCUT2D eigenvalue weighted by atomic mass is 79.9. The Morgan fingerprint density at radius 3 is 2.76 bits per heavy atom. The zero-order valence-electron chi connectivity index (χ0n) is 12.9. The molecule has 1 aromatic carbocycles. The van der Waals surface area contributed by atoms with Crippen LogP contribution in [0.3, 0.4) is 0 Å². The van der Waals surface area contributed by atoms with Crippen molar-refractivity contribution in [2.45, 2.75) is 26.3 Å². The number of piperidine rings is 1. The number of hydrogen-bond acceptors (Lipinski definition) is 4. The molecule has 2 rings (SSSR count). The molecule has 118 valence electrons. The SMILES string of the molecule is CCOc1c(Br)cc(CNCC2CCNCC2)cc1OC. The van der Waals surface area contributed by atoms with E-state index in [9.17, 15) is 0 Å². The molecular weight excluding hydrogens is 332 g/mol. The molecule has 4 nitrogen and oxygen atoms in total. The third-order valence-corrected chi connectivity index (χ3v) is 4.39. The van der Waals surface area contributed by atoms with Gasteiger partial charge in [-0.1, -0.05) is 0 Å². The fraction of sp³-hybridized carbons (Fsp3) is 0.625. The van der Waals surface area contributed by atoms with E-state index in [0.29, 0.717) is 6.61 Å². The first-order valence-electron chi connectivity index (χ1n) is 7.65. The molecule has 0 aliphatic carbocycles. The first kappa shape index (κ1) is 16.6. The van der Waals surface area contributed by atoms with Crippen molar-refractivity contribution in [3.63, 3.8) is 0 Å². The average Bonchev–Trinajstić information content (AvgIpc) is 2.51. The van der Waals surface area contributed by atoms with Crippen molar-refractivity contribution in [2.75, 3.05) is 33.4 Å². The number of nitrogens with one attached hydrogen (secondary N) is 2. The van der Waals surface area contributed by atoms with E-state index in [0.717, 1.165) is 48.1 Å². The molecule has 1 saturated heterocycles. The lowest BCUT2D eigenvalue weighted by Gasteiger charge is -2.23. The second kappa shape index (κ2) is 8.61. The number of halogens is 1. The zero-order chi connectivity index (χ0) is 15.1. The van der Waals surface area contributed by atoms with Gasteiger partial charge in [0.15, 0.2) is 11.5 Å². The number of rotatable bonds is 7. The molecule has 0 amide bonds. The molecule has 1 heterocycles. The topological polar surface area (TPSA) is 42.5 Å². The van der Waals surface area contributed by atoms with Gasteiger partial charge in [-0.25, -0.2) is 0 Å². The van der Waals surface area contributed by atoms with Gasteiger partial charge in [-0.2, -0.15) is 0 Å². The Morgan fingerprint density at radius 1 is 1.33 bits per heavy atom. The van der Waals surface area contributed by atoms with Crippen LogP contribution < -0.4 is 20.1 Å². The molecule has 21 heavy (non-hydrogen) atoms.